The van der Waals surface area contributed by atoms with Gasteiger partial charge in [0.25, 0.3) is 0 Å². The van der Waals surface area contributed by atoms with E-state index in [-0.39, 0.29) is 5.91 Å². The van der Waals surface area contributed by atoms with Gasteiger partial charge in [-0.3, -0.25) is 9.48 Å². The highest BCUT2D eigenvalue weighted by atomic mass is 16.5. The summed E-state index contributed by atoms with van der Waals surface area (Å²) in [5.74, 6) is 1.47. The SMILES string of the molecule is O=C1CCCCOc2ccc(cc2)-c2ccc3cnc(nn23)Nc2cnn(c2)C2CCN(CCCN1)CC2. The summed E-state index contributed by atoms with van der Waals surface area (Å²) in [4.78, 5) is 19.2. The van der Waals surface area contributed by atoms with Crippen molar-refractivity contribution in [2.75, 3.05) is 38.1 Å². The van der Waals surface area contributed by atoms with Crippen LogP contribution in [-0.4, -0.2) is 68.0 Å². The van der Waals surface area contributed by atoms with Crippen LogP contribution < -0.4 is 15.4 Å². The predicted molar refractivity (Wildman–Crippen MR) is 146 cm³/mol. The summed E-state index contributed by atoms with van der Waals surface area (Å²) in [7, 11) is 0. The first-order valence-electron chi connectivity index (χ1n) is 13.6. The van der Waals surface area contributed by atoms with Gasteiger partial charge in [0.2, 0.25) is 11.9 Å². The minimum absolute atomic E-state index is 0.129. The predicted octanol–water partition coefficient (Wildman–Crippen LogP) is 4.04. The molecule has 1 fully saturated rings. The fourth-order valence-electron chi connectivity index (χ4n) is 5.23. The number of rotatable bonds is 0. The number of hydrogen-bond donors (Lipinski definition) is 2. The molecule has 8 heterocycles. The molecule has 1 saturated heterocycles. The van der Waals surface area contributed by atoms with Gasteiger partial charge in [-0.1, -0.05) is 0 Å². The van der Waals surface area contributed by atoms with Gasteiger partial charge < -0.3 is 20.3 Å². The van der Waals surface area contributed by atoms with Crippen LogP contribution in [-0.2, 0) is 4.79 Å². The van der Waals surface area contributed by atoms with Crippen molar-refractivity contribution in [2.24, 2.45) is 0 Å². The normalized spacial score (nSPS) is 21.2. The van der Waals surface area contributed by atoms with Crippen LogP contribution >= 0.6 is 0 Å². The molecule has 5 aliphatic heterocycles. The highest BCUT2D eigenvalue weighted by Crippen LogP contribution is 2.26. The van der Waals surface area contributed by atoms with Gasteiger partial charge in [-0.05, 0) is 75.0 Å². The second-order valence-corrected chi connectivity index (χ2v) is 10.1. The smallest absolute Gasteiger partial charge is 0.245 e. The monoisotopic (exact) mass is 514 g/mol. The molecule has 0 unspecified atom stereocenters. The number of aromatic nitrogens is 5. The van der Waals surface area contributed by atoms with Crippen LogP contribution in [0.5, 0.6) is 5.75 Å². The van der Waals surface area contributed by atoms with Gasteiger partial charge in [0.05, 0.1) is 41.9 Å². The zero-order valence-corrected chi connectivity index (χ0v) is 21.6. The first-order valence-corrected chi connectivity index (χ1v) is 13.6. The van der Waals surface area contributed by atoms with Crippen molar-refractivity contribution in [3.63, 3.8) is 0 Å². The van der Waals surface area contributed by atoms with Crippen molar-refractivity contribution in [2.45, 2.75) is 44.6 Å². The lowest BCUT2D eigenvalue weighted by atomic mass is 10.1. The molecule has 1 amide bonds. The third kappa shape index (κ3) is 5.65. The van der Waals surface area contributed by atoms with Gasteiger partial charge in [0.1, 0.15) is 5.75 Å². The van der Waals surface area contributed by atoms with Gasteiger partial charge >= 0.3 is 0 Å². The highest BCUT2D eigenvalue weighted by molar-refractivity contribution is 5.75. The van der Waals surface area contributed by atoms with Crippen molar-refractivity contribution < 1.29 is 9.53 Å². The third-order valence-corrected chi connectivity index (χ3v) is 7.38. The maximum Gasteiger partial charge on any atom is 0.245 e. The molecule has 3 aromatic heterocycles. The van der Waals surface area contributed by atoms with E-state index in [2.05, 4.69) is 30.3 Å². The Kier molecular flexibility index (Phi) is 7.21. The van der Waals surface area contributed by atoms with E-state index >= 15 is 0 Å². The summed E-state index contributed by atoms with van der Waals surface area (Å²) in [6.45, 7) is 4.41. The highest BCUT2D eigenvalue weighted by Gasteiger charge is 2.21. The Labute approximate surface area is 222 Å². The Hall–Kier alpha value is -3.92. The lowest BCUT2D eigenvalue weighted by molar-refractivity contribution is -0.121. The van der Waals surface area contributed by atoms with Crippen LogP contribution in [0.4, 0.5) is 11.6 Å². The standard InChI is InChI=1S/C28H34N8O2/c37-27-4-1-2-17-38-25-8-5-21(6-9-25)26-10-7-24-19-30-28(33-36(24)26)32-22-18-31-35(20-22)23-11-15-34(16-12-23)14-3-13-29-27/h5-10,18-20,23H,1-4,11-17H2,(H,29,37)(H,32,33). The molecule has 0 aliphatic carbocycles. The number of nitrogens with zero attached hydrogens (tertiary/aromatic N) is 6. The van der Waals surface area contributed by atoms with Crippen molar-refractivity contribution in [3.8, 4) is 17.0 Å². The maximum absolute atomic E-state index is 12.2. The summed E-state index contributed by atoms with van der Waals surface area (Å²) in [5.41, 5.74) is 3.82. The average Bonchev–Trinajstić information content (AvgIpc) is 3.58. The van der Waals surface area contributed by atoms with E-state index in [4.69, 9.17) is 9.84 Å². The Morgan fingerprint density at radius 2 is 1.82 bits per heavy atom. The lowest BCUT2D eigenvalue weighted by Crippen LogP contribution is -2.36. The zero-order valence-electron chi connectivity index (χ0n) is 21.6. The summed E-state index contributed by atoms with van der Waals surface area (Å²) in [6.07, 6.45) is 11.0. The van der Waals surface area contributed by atoms with Crippen LogP contribution in [0.25, 0.3) is 16.8 Å². The van der Waals surface area contributed by atoms with Crippen molar-refractivity contribution in [1.29, 1.82) is 0 Å². The largest absolute Gasteiger partial charge is 0.494 e. The van der Waals surface area contributed by atoms with E-state index in [1.54, 1.807) is 0 Å². The second-order valence-electron chi connectivity index (χ2n) is 10.1. The number of carbonyl (C=O) groups excluding carboxylic acids is 1. The molecular formula is C28H34N8O2. The van der Waals surface area contributed by atoms with Crippen LogP contribution in [0.2, 0.25) is 0 Å². The number of hydrogen-bond acceptors (Lipinski definition) is 7. The van der Waals surface area contributed by atoms with E-state index in [9.17, 15) is 4.79 Å². The van der Waals surface area contributed by atoms with Crippen molar-refractivity contribution in [3.05, 3.63) is 55.0 Å². The molecule has 9 rings (SSSR count). The minimum Gasteiger partial charge on any atom is -0.494 e. The van der Waals surface area contributed by atoms with E-state index < -0.39 is 0 Å². The van der Waals surface area contributed by atoms with Gasteiger partial charge in [-0.25, -0.2) is 9.50 Å². The number of anilines is 2. The number of benzene rings is 1. The Balaban J connectivity index is 1.21. The van der Waals surface area contributed by atoms with Crippen molar-refractivity contribution in [1.82, 2.24) is 34.6 Å². The molecule has 10 nitrogen and oxygen atoms in total. The number of piperidine rings is 1. The van der Waals surface area contributed by atoms with Crippen LogP contribution in [0.1, 0.15) is 44.6 Å². The number of nitrogens with one attached hydrogen (secondary N) is 2. The fourth-order valence-corrected chi connectivity index (χ4v) is 5.23. The molecule has 0 spiro atoms. The third-order valence-electron chi connectivity index (χ3n) is 7.38. The molecule has 5 aliphatic rings. The van der Waals surface area contributed by atoms with E-state index in [0.29, 0.717) is 25.0 Å². The lowest BCUT2D eigenvalue weighted by Gasteiger charge is -2.32. The van der Waals surface area contributed by atoms with E-state index in [0.717, 1.165) is 86.5 Å². The van der Waals surface area contributed by atoms with E-state index in [1.807, 2.05) is 59.5 Å². The van der Waals surface area contributed by atoms with Crippen LogP contribution in [0.3, 0.4) is 0 Å². The molecule has 1 aromatic carbocycles. The molecular weight excluding hydrogens is 480 g/mol. The van der Waals surface area contributed by atoms with Gasteiger partial charge in [0, 0.05) is 37.8 Å². The summed E-state index contributed by atoms with van der Waals surface area (Å²) in [5, 5.41) is 15.8. The van der Waals surface area contributed by atoms with Crippen molar-refractivity contribution >= 4 is 23.1 Å². The number of ether oxygens (including phenoxy) is 1. The Bertz CT molecular complexity index is 1370. The summed E-state index contributed by atoms with van der Waals surface area (Å²) < 4.78 is 9.87. The van der Waals surface area contributed by atoms with Crippen LogP contribution in [0, 0.1) is 0 Å². The fraction of sp³-hybridized carbons (Fsp3) is 0.429. The molecule has 8 bridgehead atoms. The maximum atomic E-state index is 12.2. The van der Waals surface area contributed by atoms with Crippen LogP contribution in [0.15, 0.2) is 55.0 Å². The molecule has 0 radical (unpaired) electrons. The molecule has 10 heteroatoms. The van der Waals surface area contributed by atoms with E-state index in [1.165, 1.54) is 0 Å². The molecule has 38 heavy (non-hydrogen) atoms. The summed E-state index contributed by atoms with van der Waals surface area (Å²) >= 11 is 0. The Morgan fingerprint density at radius 1 is 0.947 bits per heavy atom. The summed E-state index contributed by atoms with van der Waals surface area (Å²) in [6, 6.07) is 12.5. The number of amides is 1. The molecule has 2 N–H and O–H groups in total. The van der Waals surface area contributed by atoms with Gasteiger partial charge in [0.15, 0.2) is 0 Å². The molecule has 198 valence electrons. The van der Waals surface area contributed by atoms with Gasteiger partial charge in [-0.15, -0.1) is 5.10 Å². The first-order chi connectivity index (χ1) is 18.7. The molecule has 4 aromatic rings. The number of carbonyl (C=O) groups is 1. The molecule has 0 saturated carbocycles. The van der Waals surface area contributed by atoms with Gasteiger partial charge in [-0.2, -0.15) is 5.10 Å². The Morgan fingerprint density at radius 3 is 2.68 bits per heavy atom. The minimum atomic E-state index is 0.129. The second kappa shape index (κ2) is 11.2. The quantitative estimate of drug-likeness (QED) is 0.365. The zero-order chi connectivity index (χ0) is 25.7. The average molecular weight is 515 g/mol. The first kappa shape index (κ1) is 24.4. The topological polar surface area (TPSA) is 102 Å². The molecule has 0 atom stereocenters.